The molecule has 19 heteroatoms. The number of ether oxygens (including phenoxy) is 2. The fourth-order valence-electron chi connectivity index (χ4n) is 10.3. The number of carbonyl (C=O) groups is 2. The maximum atomic E-state index is 13.9. The first-order chi connectivity index (χ1) is 34.2. The van der Waals surface area contributed by atoms with Crippen molar-refractivity contribution in [2.75, 3.05) is 65.7 Å². The van der Waals surface area contributed by atoms with E-state index in [0.717, 1.165) is 124 Å². The molecular weight excluding hydrogens is 965 g/mol. The van der Waals surface area contributed by atoms with Crippen LogP contribution in [0.5, 0.6) is 0 Å². The summed E-state index contributed by atoms with van der Waals surface area (Å²) in [7, 11) is -11.5. The fraction of sp³-hybridized carbons (Fsp3) is 0.538. The molecule has 0 spiro atoms. The summed E-state index contributed by atoms with van der Waals surface area (Å²) in [5, 5.41) is 7.14. The molecule has 2 aromatic heterocycles. The van der Waals surface area contributed by atoms with Crippen molar-refractivity contribution in [1.29, 1.82) is 0 Å². The van der Waals surface area contributed by atoms with Crippen LogP contribution in [0.25, 0.3) is 21.8 Å². The van der Waals surface area contributed by atoms with Gasteiger partial charge in [0.15, 0.2) is 0 Å². The third-order valence-corrected chi connectivity index (χ3v) is 20.2. The maximum absolute atomic E-state index is 13.9. The number of rotatable bonds is 14. The van der Waals surface area contributed by atoms with Crippen LogP contribution >= 0.6 is 0 Å². The molecule has 4 fully saturated rings. The van der Waals surface area contributed by atoms with Crippen molar-refractivity contribution in [2.24, 2.45) is 11.8 Å². The predicted octanol–water partition coefficient (Wildman–Crippen LogP) is 7.89. The lowest BCUT2D eigenvalue weighted by Gasteiger charge is -2.22. The SMILES string of the molecule is Cc1c(C(=O)NCCC2CCOCC2)[nH]c2ccc(S(=O)(=O)N3CCCCCC3)cc12.Cc1c(C(=O)NCCC2CCOCC2)n(S(=O)(=O)c2ccccc2)c2ccc(S(=O)(=O)N3CCCCCC3)cc12. The number of carbonyl (C=O) groups excluding carboxylic acids is 2. The molecule has 0 saturated carbocycles. The number of aromatic amines is 1. The van der Waals surface area contributed by atoms with Crippen molar-refractivity contribution >= 4 is 63.7 Å². The van der Waals surface area contributed by atoms with Gasteiger partial charge in [0.1, 0.15) is 11.4 Å². The Morgan fingerprint density at radius 1 is 0.563 bits per heavy atom. The Hall–Kier alpha value is -4.63. The molecule has 9 rings (SSSR count). The van der Waals surface area contributed by atoms with Gasteiger partial charge in [-0.15, -0.1) is 0 Å². The van der Waals surface area contributed by atoms with Gasteiger partial charge in [-0.3, -0.25) is 9.59 Å². The normalized spacial score (nSPS) is 18.6. The van der Waals surface area contributed by atoms with Gasteiger partial charge in [0.25, 0.3) is 21.8 Å². The highest BCUT2D eigenvalue weighted by Crippen LogP contribution is 2.34. The molecule has 0 radical (unpaired) electrons. The van der Waals surface area contributed by atoms with Crippen LogP contribution in [0.4, 0.5) is 0 Å². The van der Waals surface area contributed by atoms with Crippen LogP contribution in [0.1, 0.15) is 122 Å². The summed E-state index contributed by atoms with van der Waals surface area (Å²) in [6.45, 7) is 9.70. The van der Waals surface area contributed by atoms with Gasteiger partial charge in [0.2, 0.25) is 20.0 Å². The van der Waals surface area contributed by atoms with Crippen molar-refractivity contribution in [3.05, 3.63) is 89.2 Å². The highest BCUT2D eigenvalue weighted by Gasteiger charge is 2.32. The average Bonchev–Trinajstić information content (AvgIpc) is 3.57. The van der Waals surface area contributed by atoms with E-state index in [0.29, 0.717) is 85.9 Å². The zero-order valence-corrected chi connectivity index (χ0v) is 43.6. The number of aromatic nitrogens is 2. The quantitative estimate of drug-likeness (QED) is 0.0981. The van der Waals surface area contributed by atoms with E-state index in [-0.39, 0.29) is 26.9 Å². The topological polar surface area (TPSA) is 206 Å². The summed E-state index contributed by atoms with van der Waals surface area (Å²) >= 11 is 0. The zero-order valence-electron chi connectivity index (χ0n) is 41.1. The summed E-state index contributed by atoms with van der Waals surface area (Å²) in [6.07, 6.45) is 13.3. The summed E-state index contributed by atoms with van der Waals surface area (Å²) in [5.74, 6) is 0.403. The van der Waals surface area contributed by atoms with Gasteiger partial charge >= 0.3 is 0 Å². The lowest BCUT2D eigenvalue weighted by atomic mass is 9.97. The van der Waals surface area contributed by atoms with Crippen LogP contribution in [0.3, 0.4) is 0 Å². The van der Waals surface area contributed by atoms with E-state index in [9.17, 15) is 34.8 Å². The number of aryl methyl sites for hydroxylation is 2. The van der Waals surface area contributed by atoms with Crippen LogP contribution in [-0.4, -0.2) is 120 Å². The largest absolute Gasteiger partial charge is 0.381 e. The van der Waals surface area contributed by atoms with Crippen molar-refractivity contribution < 1.29 is 44.3 Å². The maximum Gasteiger partial charge on any atom is 0.269 e. The van der Waals surface area contributed by atoms with E-state index >= 15 is 0 Å². The Morgan fingerprint density at radius 3 is 1.56 bits per heavy atom. The fourth-order valence-corrected chi connectivity index (χ4v) is 15.0. The smallest absolute Gasteiger partial charge is 0.269 e. The zero-order chi connectivity index (χ0) is 50.2. The molecule has 0 bridgehead atoms. The molecule has 71 heavy (non-hydrogen) atoms. The molecule has 4 saturated heterocycles. The number of nitrogens with zero attached hydrogens (tertiary/aromatic N) is 3. The van der Waals surface area contributed by atoms with Gasteiger partial charge in [-0.25, -0.2) is 29.2 Å². The Kier molecular flexibility index (Phi) is 17.4. The molecule has 3 N–H and O–H groups in total. The number of sulfonamides is 2. The first-order valence-electron chi connectivity index (χ1n) is 25.5. The van der Waals surface area contributed by atoms with Crippen molar-refractivity contribution in [1.82, 2.24) is 28.2 Å². The molecule has 0 atom stereocenters. The Labute approximate surface area is 419 Å². The second-order valence-corrected chi connectivity index (χ2v) is 25.1. The molecule has 4 aliphatic heterocycles. The van der Waals surface area contributed by atoms with Crippen LogP contribution in [0.15, 0.2) is 81.4 Å². The van der Waals surface area contributed by atoms with Gasteiger partial charge in [-0.2, -0.15) is 8.61 Å². The van der Waals surface area contributed by atoms with E-state index in [2.05, 4.69) is 15.6 Å². The average molecular weight is 1040 g/mol. The molecule has 3 aromatic carbocycles. The minimum absolute atomic E-state index is 0.00449. The van der Waals surface area contributed by atoms with Crippen molar-refractivity contribution in [3.63, 3.8) is 0 Å². The third kappa shape index (κ3) is 12.1. The number of benzene rings is 3. The first kappa shape index (κ1) is 52.7. The number of hydrogen-bond acceptors (Lipinski definition) is 10. The molecule has 0 aliphatic carbocycles. The standard InChI is InChI=1S/C29H37N3O6S2.C23H33N3O4S/c1-22-26-21-25(39(34,35)31-17-7-2-3-8-18-31)11-12-27(26)32(40(36,37)24-9-5-4-6-10-24)28(22)29(33)30-16-13-23-14-19-38-20-15-23;1-17-20-16-19(31(28,29)26-12-4-2-3-5-13-26)6-7-21(20)25-22(17)23(27)24-11-8-18-9-14-30-15-10-18/h4-6,9-12,21,23H,2-3,7-8,13-20H2,1H3,(H,30,33);6-7,16,18,25H,2-5,8-15H2,1H3,(H,24,27). The minimum atomic E-state index is -4.16. The Bertz CT molecular complexity index is 2980. The number of nitrogens with one attached hydrogen (secondary N) is 3. The van der Waals surface area contributed by atoms with E-state index < -0.39 is 36.0 Å². The van der Waals surface area contributed by atoms with Gasteiger partial charge < -0.3 is 25.1 Å². The van der Waals surface area contributed by atoms with Crippen LogP contribution in [-0.2, 0) is 39.5 Å². The summed E-state index contributed by atoms with van der Waals surface area (Å²) in [5.41, 5.74) is 2.76. The molecule has 386 valence electrons. The lowest BCUT2D eigenvalue weighted by molar-refractivity contribution is 0.0633. The monoisotopic (exact) mass is 1030 g/mol. The van der Waals surface area contributed by atoms with Gasteiger partial charge in [-0.05, 0) is 150 Å². The minimum Gasteiger partial charge on any atom is -0.381 e. The molecule has 16 nitrogen and oxygen atoms in total. The Balaban J connectivity index is 0.000000197. The third-order valence-electron chi connectivity index (χ3n) is 14.7. The first-order valence-corrected chi connectivity index (χ1v) is 29.8. The second-order valence-electron chi connectivity index (χ2n) is 19.4. The van der Waals surface area contributed by atoms with Gasteiger partial charge in [-0.1, -0.05) is 43.9 Å². The van der Waals surface area contributed by atoms with Crippen LogP contribution in [0, 0.1) is 25.7 Å². The number of amides is 2. The number of H-pyrrole nitrogens is 1. The molecule has 5 aromatic rings. The van der Waals surface area contributed by atoms with Gasteiger partial charge in [0.05, 0.1) is 20.2 Å². The van der Waals surface area contributed by atoms with Crippen molar-refractivity contribution in [3.8, 4) is 0 Å². The highest BCUT2D eigenvalue weighted by atomic mass is 32.2. The molecule has 2 amide bonds. The molecule has 0 unspecified atom stereocenters. The van der Waals surface area contributed by atoms with E-state index in [1.165, 1.54) is 34.6 Å². The molecular formula is C52H70N6O10S3. The summed E-state index contributed by atoms with van der Waals surface area (Å²) in [6, 6.07) is 17.6. The Morgan fingerprint density at radius 2 is 1.04 bits per heavy atom. The lowest BCUT2D eigenvalue weighted by Crippen LogP contribution is -2.31. The second kappa shape index (κ2) is 23.5. The number of fused-ring (bicyclic) bond motifs is 2. The van der Waals surface area contributed by atoms with Crippen LogP contribution in [0.2, 0.25) is 0 Å². The van der Waals surface area contributed by atoms with Gasteiger partial charge in [0, 0.05) is 82.0 Å². The van der Waals surface area contributed by atoms with Crippen LogP contribution < -0.4 is 10.6 Å². The summed E-state index contributed by atoms with van der Waals surface area (Å²) in [4.78, 5) is 30.0. The van der Waals surface area contributed by atoms with E-state index in [4.69, 9.17) is 9.47 Å². The predicted molar refractivity (Wildman–Crippen MR) is 274 cm³/mol. The summed E-state index contributed by atoms with van der Waals surface area (Å²) < 4.78 is 96.2. The molecule has 4 aliphatic rings. The highest BCUT2D eigenvalue weighted by molar-refractivity contribution is 7.90. The van der Waals surface area contributed by atoms with E-state index in [1.54, 1.807) is 47.6 Å². The number of hydrogen-bond donors (Lipinski definition) is 3. The molecule has 6 heterocycles. The van der Waals surface area contributed by atoms with Crippen molar-refractivity contribution in [2.45, 2.75) is 118 Å². The van der Waals surface area contributed by atoms with E-state index in [1.807, 2.05) is 6.92 Å².